The zero-order chi connectivity index (χ0) is 16.2. The first-order chi connectivity index (χ1) is 11.1. The summed E-state index contributed by atoms with van der Waals surface area (Å²) in [5, 5.41) is 0. The Bertz CT molecular complexity index is 563. The number of hydrogen-bond acceptors (Lipinski definition) is 6. The molecule has 0 unspecified atom stereocenters. The van der Waals surface area contributed by atoms with Crippen LogP contribution < -0.4 is 4.90 Å². The lowest BCUT2D eigenvalue weighted by atomic mass is 10.2. The molecule has 2 saturated heterocycles. The molecule has 0 radical (unpaired) electrons. The molecule has 3 heterocycles. The molecule has 1 aromatic heterocycles. The van der Waals surface area contributed by atoms with E-state index in [4.69, 9.17) is 4.74 Å². The van der Waals surface area contributed by atoms with E-state index < -0.39 is 0 Å². The molecule has 3 rings (SSSR count). The molecule has 0 aliphatic carbocycles. The van der Waals surface area contributed by atoms with Gasteiger partial charge < -0.3 is 19.4 Å². The molecule has 0 saturated carbocycles. The molecule has 2 aliphatic rings. The molecular formula is C15H21N5O3. The van der Waals surface area contributed by atoms with Crippen LogP contribution in [0.25, 0.3) is 0 Å². The quantitative estimate of drug-likeness (QED) is 0.739. The van der Waals surface area contributed by atoms with Gasteiger partial charge in [-0.1, -0.05) is 0 Å². The molecule has 0 atom stereocenters. The third kappa shape index (κ3) is 3.58. The summed E-state index contributed by atoms with van der Waals surface area (Å²) >= 11 is 0. The van der Waals surface area contributed by atoms with E-state index in [2.05, 4.69) is 9.97 Å². The second-order valence-electron chi connectivity index (χ2n) is 5.67. The molecular weight excluding hydrogens is 298 g/mol. The first-order valence-corrected chi connectivity index (χ1v) is 7.84. The maximum atomic E-state index is 12.5. The van der Waals surface area contributed by atoms with E-state index >= 15 is 0 Å². The molecule has 2 fully saturated rings. The van der Waals surface area contributed by atoms with Crippen molar-refractivity contribution in [2.24, 2.45) is 0 Å². The van der Waals surface area contributed by atoms with E-state index in [1.165, 1.54) is 0 Å². The molecule has 0 N–H and O–H groups in total. The number of carbonyl (C=O) groups excluding carboxylic acids is 2. The number of morpholine rings is 1. The molecule has 23 heavy (non-hydrogen) atoms. The fraction of sp³-hybridized carbons (Fsp3) is 0.600. The summed E-state index contributed by atoms with van der Waals surface area (Å²) in [5.74, 6) is 0.600. The minimum absolute atomic E-state index is 0.0512. The van der Waals surface area contributed by atoms with Gasteiger partial charge in [-0.25, -0.2) is 9.97 Å². The molecule has 124 valence electrons. The maximum Gasteiger partial charge on any atom is 0.257 e. The monoisotopic (exact) mass is 319 g/mol. The molecule has 2 aliphatic heterocycles. The molecule has 2 amide bonds. The van der Waals surface area contributed by atoms with Crippen LogP contribution in [0.5, 0.6) is 0 Å². The summed E-state index contributed by atoms with van der Waals surface area (Å²) in [4.78, 5) is 38.0. The number of amides is 2. The standard InChI is InChI=1S/C15H21N5O3/c1-12(21)18-2-4-19(5-3-18)14(22)13-10-16-15(17-11-13)20-6-8-23-9-7-20/h10-11H,2-9H2,1H3. The highest BCUT2D eigenvalue weighted by Crippen LogP contribution is 2.12. The van der Waals surface area contributed by atoms with Crippen molar-refractivity contribution < 1.29 is 14.3 Å². The van der Waals surface area contributed by atoms with E-state index in [1.807, 2.05) is 4.90 Å². The molecule has 1 aromatic rings. The Morgan fingerprint density at radius 3 is 2.09 bits per heavy atom. The van der Waals surface area contributed by atoms with Crippen molar-refractivity contribution in [3.63, 3.8) is 0 Å². The number of aromatic nitrogens is 2. The Morgan fingerprint density at radius 1 is 0.957 bits per heavy atom. The highest BCUT2D eigenvalue weighted by atomic mass is 16.5. The highest BCUT2D eigenvalue weighted by Gasteiger charge is 2.24. The van der Waals surface area contributed by atoms with Crippen LogP contribution in [0.15, 0.2) is 12.4 Å². The molecule has 0 spiro atoms. The summed E-state index contributed by atoms with van der Waals surface area (Å²) in [7, 11) is 0. The molecule has 8 heteroatoms. The Hall–Kier alpha value is -2.22. The molecule has 0 aromatic carbocycles. The first-order valence-electron chi connectivity index (χ1n) is 7.84. The van der Waals surface area contributed by atoms with Crippen LogP contribution in [0.1, 0.15) is 17.3 Å². The van der Waals surface area contributed by atoms with Gasteiger partial charge in [0.1, 0.15) is 0 Å². The van der Waals surface area contributed by atoms with Crippen molar-refractivity contribution >= 4 is 17.8 Å². The first kappa shape index (κ1) is 15.7. The van der Waals surface area contributed by atoms with Crippen molar-refractivity contribution in [1.82, 2.24) is 19.8 Å². The van der Waals surface area contributed by atoms with Crippen LogP contribution >= 0.6 is 0 Å². The predicted molar refractivity (Wildman–Crippen MR) is 83.2 cm³/mol. The number of rotatable bonds is 2. The predicted octanol–water partition coefficient (Wildman–Crippen LogP) is -0.382. The van der Waals surface area contributed by atoms with E-state index in [-0.39, 0.29) is 11.8 Å². The van der Waals surface area contributed by atoms with Crippen molar-refractivity contribution in [1.29, 1.82) is 0 Å². The summed E-state index contributed by atoms with van der Waals surface area (Å²) in [6.07, 6.45) is 3.16. The van der Waals surface area contributed by atoms with E-state index in [9.17, 15) is 9.59 Å². The number of piperazine rings is 1. The van der Waals surface area contributed by atoms with Gasteiger partial charge in [0.05, 0.1) is 18.8 Å². The lowest BCUT2D eigenvalue weighted by Gasteiger charge is -2.34. The van der Waals surface area contributed by atoms with E-state index in [0.29, 0.717) is 50.9 Å². The number of carbonyl (C=O) groups is 2. The highest BCUT2D eigenvalue weighted by molar-refractivity contribution is 5.93. The summed E-state index contributed by atoms with van der Waals surface area (Å²) in [5.41, 5.74) is 0.485. The fourth-order valence-corrected chi connectivity index (χ4v) is 2.77. The minimum atomic E-state index is -0.0817. The van der Waals surface area contributed by atoms with E-state index in [1.54, 1.807) is 29.1 Å². The molecule has 8 nitrogen and oxygen atoms in total. The lowest BCUT2D eigenvalue weighted by Crippen LogP contribution is -2.50. The Balaban J connectivity index is 1.60. The number of anilines is 1. The Morgan fingerprint density at radius 2 is 1.52 bits per heavy atom. The smallest absolute Gasteiger partial charge is 0.257 e. The van der Waals surface area contributed by atoms with Crippen LogP contribution in [0.2, 0.25) is 0 Å². The maximum absolute atomic E-state index is 12.5. The van der Waals surface area contributed by atoms with Gasteiger partial charge in [-0.2, -0.15) is 0 Å². The van der Waals surface area contributed by atoms with Crippen LogP contribution in [0.4, 0.5) is 5.95 Å². The average Bonchev–Trinajstić information content (AvgIpc) is 2.62. The second kappa shape index (κ2) is 6.91. The summed E-state index contributed by atoms with van der Waals surface area (Å²) < 4.78 is 5.30. The van der Waals surface area contributed by atoms with Crippen molar-refractivity contribution in [3.8, 4) is 0 Å². The van der Waals surface area contributed by atoms with Gasteiger partial charge >= 0.3 is 0 Å². The zero-order valence-corrected chi connectivity index (χ0v) is 13.3. The van der Waals surface area contributed by atoms with Gasteiger partial charge in [-0.15, -0.1) is 0 Å². The summed E-state index contributed by atoms with van der Waals surface area (Å²) in [6.45, 7) is 6.67. The fourth-order valence-electron chi connectivity index (χ4n) is 2.77. The van der Waals surface area contributed by atoms with Gasteiger partial charge in [-0.3, -0.25) is 9.59 Å². The van der Waals surface area contributed by atoms with Crippen LogP contribution in [0.3, 0.4) is 0 Å². The van der Waals surface area contributed by atoms with Gasteiger partial charge in [0.25, 0.3) is 5.91 Å². The third-order valence-corrected chi connectivity index (χ3v) is 4.19. The Kier molecular flexibility index (Phi) is 4.71. The second-order valence-corrected chi connectivity index (χ2v) is 5.67. The average molecular weight is 319 g/mol. The largest absolute Gasteiger partial charge is 0.378 e. The third-order valence-electron chi connectivity index (χ3n) is 4.19. The zero-order valence-electron chi connectivity index (χ0n) is 13.3. The van der Waals surface area contributed by atoms with Gasteiger partial charge in [0, 0.05) is 58.6 Å². The van der Waals surface area contributed by atoms with Gasteiger partial charge in [0.15, 0.2) is 0 Å². The number of nitrogens with zero attached hydrogens (tertiary/aromatic N) is 5. The van der Waals surface area contributed by atoms with Crippen LogP contribution in [0, 0.1) is 0 Å². The topological polar surface area (TPSA) is 78.9 Å². The van der Waals surface area contributed by atoms with Crippen molar-refractivity contribution in [2.75, 3.05) is 57.4 Å². The van der Waals surface area contributed by atoms with Crippen molar-refractivity contribution in [2.45, 2.75) is 6.92 Å². The van der Waals surface area contributed by atoms with Crippen LogP contribution in [-0.4, -0.2) is 84.1 Å². The lowest BCUT2D eigenvalue weighted by molar-refractivity contribution is -0.130. The normalized spacial score (nSPS) is 18.9. The van der Waals surface area contributed by atoms with E-state index in [0.717, 1.165) is 13.1 Å². The van der Waals surface area contributed by atoms with Crippen LogP contribution in [-0.2, 0) is 9.53 Å². The molecule has 0 bridgehead atoms. The Labute approximate surface area is 135 Å². The number of hydrogen-bond donors (Lipinski definition) is 0. The minimum Gasteiger partial charge on any atom is -0.378 e. The number of ether oxygens (including phenoxy) is 1. The SMILES string of the molecule is CC(=O)N1CCN(C(=O)c2cnc(N3CCOCC3)nc2)CC1. The summed E-state index contributed by atoms with van der Waals surface area (Å²) in [6, 6.07) is 0. The van der Waals surface area contributed by atoms with Crippen molar-refractivity contribution in [3.05, 3.63) is 18.0 Å². The van der Waals surface area contributed by atoms with Gasteiger partial charge in [0.2, 0.25) is 11.9 Å². The van der Waals surface area contributed by atoms with Gasteiger partial charge in [-0.05, 0) is 0 Å².